The lowest BCUT2D eigenvalue weighted by Gasteiger charge is -2.10. The van der Waals surface area contributed by atoms with Crippen LogP contribution < -0.4 is 5.73 Å². The van der Waals surface area contributed by atoms with Gasteiger partial charge in [0.25, 0.3) is 0 Å². The van der Waals surface area contributed by atoms with Gasteiger partial charge in [0, 0.05) is 16.7 Å². The van der Waals surface area contributed by atoms with E-state index in [4.69, 9.17) is 5.73 Å². The maximum absolute atomic E-state index is 12.7. The van der Waals surface area contributed by atoms with E-state index in [0.29, 0.717) is 0 Å². The van der Waals surface area contributed by atoms with Crippen molar-refractivity contribution in [1.29, 1.82) is 0 Å². The molecule has 0 saturated carbocycles. The van der Waals surface area contributed by atoms with Gasteiger partial charge in [-0.3, -0.25) is 0 Å². The monoisotopic (exact) mass is 241 g/mol. The zero-order valence-electron chi connectivity index (χ0n) is 9.79. The summed E-state index contributed by atoms with van der Waals surface area (Å²) in [5.41, 5.74) is 6.00. The maximum Gasteiger partial charge on any atom is 0.123 e. The number of halogens is 1. The molecule has 1 rings (SSSR count). The summed E-state index contributed by atoms with van der Waals surface area (Å²) < 4.78 is 12.7. The normalized spacial score (nSPS) is 12.7. The SMILES string of the molecule is CCCCCC(N)CSc1ccc(F)cc1. The maximum atomic E-state index is 12.7. The Morgan fingerprint density at radius 2 is 1.94 bits per heavy atom. The quantitative estimate of drug-likeness (QED) is 0.580. The van der Waals surface area contributed by atoms with Gasteiger partial charge in [0.1, 0.15) is 5.82 Å². The highest BCUT2D eigenvalue weighted by Gasteiger charge is 2.03. The summed E-state index contributed by atoms with van der Waals surface area (Å²) in [6, 6.07) is 6.84. The minimum Gasteiger partial charge on any atom is -0.327 e. The summed E-state index contributed by atoms with van der Waals surface area (Å²) in [6.07, 6.45) is 4.79. The van der Waals surface area contributed by atoms with Gasteiger partial charge in [-0.1, -0.05) is 26.2 Å². The zero-order chi connectivity index (χ0) is 11.8. The van der Waals surface area contributed by atoms with Crippen LogP contribution in [0.25, 0.3) is 0 Å². The zero-order valence-corrected chi connectivity index (χ0v) is 10.6. The van der Waals surface area contributed by atoms with E-state index in [2.05, 4.69) is 6.92 Å². The first-order chi connectivity index (χ1) is 7.72. The molecule has 0 bridgehead atoms. The predicted molar refractivity (Wildman–Crippen MR) is 69.2 cm³/mol. The van der Waals surface area contributed by atoms with E-state index in [1.165, 1.54) is 31.4 Å². The molecule has 1 aromatic carbocycles. The molecule has 0 saturated heterocycles. The molecule has 2 N–H and O–H groups in total. The van der Waals surface area contributed by atoms with Gasteiger partial charge in [0.05, 0.1) is 0 Å². The van der Waals surface area contributed by atoms with Gasteiger partial charge in [-0.05, 0) is 30.7 Å². The third kappa shape index (κ3) is 5.52. The molecule has 1 aromatic rings. The molecule has 0 aliphatic carbocycles. The van der Waals surface area contributed by atoms with Crippen LogP contribution in [0.15, 0.2) is 29.2 Å². The smallest absolute Gasteiger partial charge is 0.123 e. The number of hydrogen-bond donors (Lipinski definition) is 1. The fraction of sp³-hybridized carbons (Fsp3) is 0.538. The summed E-state index contributed by atoms with van der Waals surface area (Å²) in [5, 5.41) is 0. The van der Waals surface area contributed by atoms with Crippen LogP contribution in [0.3, 0.4) is 0 Å². The number of rotatable bonds is 7. The van der Waals surface area contributed by atoms with Gasteiger partial charge in [-0.2, -0.15) is 0 Å². The fourth-order valence-corrected chi connectivity index (χ4v) is 2.38. The molecule has 1 nitrogen and oxygen atoms in total. The van der Waals surface area contributed by atoms with Crippen molar-refractivity contribution >= 4 is 11.8 Å². The number of unbranched alkanes of at least 4 members (excludes halogenated alkanes) is 2. The second-order valence-corrected chi connectivity index (χ2v) is 5.11. The minimum atomic E-state index is -0.184. The molecule has 3 heteroatoms. The molecule has 0 aromatic heterocycles. The predicted octanol–water partition coefficient (Wildman–Crippen LogP) is 3.83. The molecular weight excluding hydrogens is 221 g/mol. The van der Waals surface area contributed by atoms with Gasteiger partial charge in [-0.25, -0.2) is 4.39 Å². The number of hydrogen-bond acceptors (Lipinski definition) is 2. The van der Waals surface area contributed by atoms with E-state index in [1.807, 2.05) is 0 Å². The van der Waals surface area contributed by atoms with E-state index in [0.717, 1.165) is 17.1 Å². The van der Waals surface area contributed by atoms with Crippen LogP contribution in [0.2, 0.25) is 0 Å². The minimum absolute atomic E-state index is 0.184. The molecule has 0 radical (unpaired) electrons. The molecule has 0 amide bonds. The van der Waals surface area contributed by atoms with Crippen molar-refractivity contribution in [2.24, 2.45) is 5.73 Å². The average Bonchev–Trinajstić information content (AvgIpc) is 2.29. The highest BCUT2D eigenvalue weighted by molar-refractivity contribution is 7.99. The highest BCUT2D eigenvalue weighted by atomic mass is 32.2. The van der Waals surface area contributed by atoms with Crippen molar-refractivity contribution in [3.05, 3.63) is 30.1 Å². The lowest BCUT2D eigenvalue weighted by Crippen LogP contribution is -2.22. The van der Waals surface area contributed by atoms with Gasteiger partial charge in [0.15, 0.2) is 0 Å². The second-order valence-electron chi connectivity index (χ2n) is 4.02. The average molecular weight is 241 g/mol. The summed E-state index contributed by atoms with van der Waals surface area (Å²) in [4.78, 5) is 1.09. The molecule has 16 heavy (non-hydrogen) atoms. The molecule has 0 aliphatic heterocycles. The van der Waals surface area contributed by atoms with Gasteiger partial charge in [0.2, 0.25) is 0 Å². The van der Waals surface area contributed by atoms with Crippen molar-refractivity contribution in [3.8, 4) is 0 Å². The van der Waals surface area contributed by atoms with Crippen LogP contribution in [0, 0.1) is 5.82 Å². The Morgan fingerprint density at radius 3 is 2.56 bits per heavy atom. The molecule has 90 valence electrons. The van der Waals surface area contributed by atoms with Crippen molar-refractivity contribution < 1.29 is 4.39 Å². The number of thioether (sulfide) groups is 1. The van der Waals surface area contributed by atoms with Gasteiger partial charge < -0.3 is 5.73 Å². The second kappa shape index (κ2) is 7.69. The molecule has 0 fully saturated rings. The summed E-state index contributed by atoms with van der Waals surface area (Å²) in [5.74, 6) is 0.728. The number of benzene rings is 1. The molecule has 0 aliphatic rings. The van der Waals surface area contributed by atoms with E-state index in [9.17, 15) is 4.39 Å². The van der Waals surface area contributed by atoms with Crippen LogP contribution in [-0.4, -0.2) is 11.8 Å². The molecule has 0 spiro atoms. The molecule has 1 unspecified atom stereocenters. The lowest BCUT2D eigenvalue weighted by atomic mass is 10.1. The summed E-state index contributed by atoms with van der Waals surface area (Å²) >= 11 is 1.70. The topological polar surface area (TPSA) is 26.0 Å². The number of nitrogens with two attached hydrogens (primary N) is 1. The van der Waals surface area contributed by atoms with Crippen LogP contribution in [0.1, 0.15) is 32.6 Å². The first-order valence-electron chi connectivity index (χ1n) is 5.86. The Labute approximate surface area is 102 Å². The van der Waals surface area contributed by atoms with Crippen molar-refractivity contribution in [2.75, 3.05) is 5.75 Å². The van der Waals surface area contributed by atoms with Crippen LogP contribution >= 0.6 is 11.8 Å². The Kier molecular flexibility index (Phi) is 6.50. The Morgan fingerprint density at radius 1 is 1.25 bits per heavy atom. The standard InChI is InChI=1S/C13H20FNS/c1-2-3-4-5-12(15)10-16-13-8-6-11(14)7-9-13/h6-9,12H,2-5,10,15H2,1H3. The third-order valence-electron chi connectivity index (χ3n) is 2.46. The Hall–Kier alpha value is -0.540. The molecule has 0 heterocycles. The van der Waals surface area contributed by atoms with Crippen molar-refractivity contribution in [1.82, 2.24) is 0 Å². The van der Waals surface area contributed by atoms with E-state index in [1.54, 1.807) is 23.9 Å². The highest BCUT2D eigenvalue weighted by Crippen LogP contribution is 2.19. The Balaban J connectivity index is 2.20. The fourth-order valence-electron chi connectivity index (χ4n) is 1.47. The summed E-state index contributed by atoms with van der Waals surface area (Å²) in [6.45, 7) is 2.19. The first kappa shape index (κ1) is 13.5. The van der Waals surface area contributed by atoms with Gasteiger partial charge >= 0.3 is 0 Å². The van der Waals surface area contributed by atoms with E-state index < -0.39 is 0 Å². The summed E-state index contributed by atoms with van der Waals surface area (Å²) in [7, 11) is 0. The van der Waals surface area contributed by atoms with Crippen molar-refractivity contribution in [3.63, 3.8) is 0 Å². The van der Waals surface area contributed by atoms with Crippen molar-refractivity contribution in [2.45, 2.75) is 43.5 Å². The van der Waals surface area contributed by atoms with Crippen LogP contribution in [-0.2, 0) is 0 Å². The van der Waals surface area contributed by atoms with E-state index >= 15 is 0 Å². The third-order valence-corrected chi connectivity index (χ3v) is 3.66. The largest absolute Gasteiger partial charge is 0.327 e. The molecular formula is C13H20FNS. The van der Waals surface area contributed by atoms with Gasteiger partial charge in [-0.15, -0.1) is 11.8 Å². The van der Waals surface area contributed by atoms with Crippen LogP contribution in [0.5, 0.6) is 0 Å². The lowest BCUT2D eigenvalue weighted by molar-refractivity contribution is 0.597. The van der Waals surface area contributed by atoms with E-state index in [-0.39, 0.29) is 11.9 Å². The first-order valence-corrected chi connectivity index (χ1v) is 6.85. The molecule has 1 atom stereocenters. The van der Waals surface area contributed by atoms with Crippen LogP contribution in [0.4, 0.5) is 4.39 Å². The Bertz CT molecular complexity index is 286.